The van der Waals surface area contributed by atoms with Crippen molar-refractivity contribution < 1.29 is 19.0 Å². The van der Waals surface area contributed by atoms with Crippen LogP contribution in [0.15, 0.2) is 23.6 Å². The Bertz CT molecular complexity index is 761. The zero-order valence-corrected chi connectivity index (χ0v) is 16.3. The molecule has 0 unspecified atom stereocenters. The fraction of sp³-hybridized carbons (Fsp3) is 0.333. The number of carbonyl (C=O) groups excluding carboxylic acids is 1. The van der Waals surface area contributed by atoms with Gasteiger partial charge in [0.25, 0.3) is 0 Å². The first kappa shape index (κ1) is 19.7. The van der Waals surface area contributed by atoms with Crippen molar-refractivity contribution >= 4 is 28.5 Å². The minimum Gasteiger partial charge on any atom is -0.493 e. The Labute approximate surface area is 157 Å². The molecule has 0 fully saturated rings. The summed E-state index contributed by atoms with van der Waals surface area (Å²) in [5.41, 5.74) is 1.67. The van der Waals surface area contributed by atoms with E-state index >= 15 is 0 Å². The third-order valence-electron chi connectivity index (χ3n) is 3.37. The van der Waals surface area contributed by atoms with E-state index in [4.69, 9.17) is 14.2 Å². The minimum absolute atomic E-state index is 0.260. The quantitative estimate of drug-likeness (QED) is 0.713. The number of thiazole rings is 1. The van der Waals surface area contributed by atoms with Gasteiger partial charge in [-0.05, 0) is 37.9 Å². The van der Waals surface area contributed by atoms with E-state index in [1.165, 1.54) is 17.4 Å². The largest absolute Gasteiger partial charge is 0.493 e. The smallest absolute Gasteiger partial charge is 0.250 e. The van der Waals surface area contributed by atoms with Crippen LogP contribution in [0.25, 0.3) is 6.08 Å². The number of benzene rings is 1. The highest BCUT2D eigenvalue weighted by molar-refractivity contribution is 7.13. The first-order valence-corrected chi connectivity index (χ1v) is 8.73. The molecule has 1 N–H and O–H groups in total. The fourth-order valence-electron chi connectivity index (χ4n) is 2.28. The molecular weight excluding hydrogens is 354 g/mol. The van der Waals surface area contributed by atoms with Crippen molar-refractivity contribution in [2.45, 2.75) is 6.54 Å². The van der Waals surface area contributed by atoms with Crippen molar-refractivity contribution in [3.8, 4) is 17.2 Å². The molecule has 0 saturated heterocycles. The van der Waals surface area contributed by atoms with Crippen LogP contribution in [0.3, 0.4) is 0 Å². The molecule has 1 heterocycles. The maximum atomic E-state index is 12.1. The number of nitrogens with one attached hydrogen (secondary N) is 1. The third kappa shape index (κ3) is 5.21. The second kappa shape index (κ2) is 9.21. The summed E-state index contributed by atoms with van der Waals surface area (Å²) in [6.07, 6.45) is 3.11. The molecule has 0 bridgehead atoms. The lowest BCUT2D eigenvalue weighted by Crippen LogP contribution is -2.11. The van der Waals surface area contributed by atoms with E-state index in [0.717, 1.165) is 17.8 Å². The van der Waals surface area contributed by atoms with E-state index in [0.29, 0.717) is 22.4 Å². The number of ether oxygens (including phenoxy) is 3. The summed E-state index contributed by atoms with van der Waals surface area (Å²) in [4.78, 5) is 18.5. The summed E-state index contributed by atoms with van der Waals surface area (Å²) in [5.74, 6) is 1.30. The molecule has 0 spiro atoms. The molecule has 1 aromatic carbocycles. The van der Waals surface area contributed by atoms with Gasteiger partial charge in [0.1, 0.15) is 0 Å². The van der Waals surface area contributed by atoms with Crippen molar-refractivity contribution in [3.05, 3.63) is 34.8 Å². The Kier molecular flexibility index (Phi) is 6.99. The number of rotatable bonds is 8. The molecule has 8 heteroatoms. The van der Waals surface area contributed by atoms with Crippen LogP contribution in [0, 0.1) is 0 Å². The molecular formula is C18H23N3O4S. The molecule has 2 rings (SSSR count). The number of hydrogen-bond donors (Lipinski definition) is 1. The normalized spacial score (nSPS) is 11.0. The number of methoxy groups -OCH3 is 3. The average Bonchev–Trinajstić information content (AvgIpc) is 3.04. The van der Waals surface area contributed by atoms with Crippen LogP contribution in [0.1, 0.15) is 11.3 Å². The molecule has 0 saturated carbocycles. The molecule has 0 aliphatic rings. The van der Waals surface area contributed by atoms with Crippen molar-refractivity contribution in [1.82, 2.24) is 9.88 Å². The molecule has 0 aliphatic heterocycles. The third-order valence-corrected chi connectivity index (χ3v) is 4.18. The van der Waals surface area contributed by atoms with E-state index in [2.05, 4.69) is 10.3 Å². The van der Waals surface area contributed by atoms with E-state index in [1.54, 1.807) is 39.5 Å². The second-order valence-corrected chi connectivity index (χ2v) is 6.52. The standard InChI is InChI=1S/C18H23N3O4S/c1-21(2)10-13-11-26-18(19-13)20-16(22)7-6-12-8-14(23-3)17(25-5)15(9-12)24-4/h6-9,11H,10H2,1-5H3,(H,19,20,22)/b7-6+. The van der Waals surface area contributed by atoms with Gasteiger partial charge in [0.15, 0.2) is 16.6 Å². The van der Waals surface area contributed by atoms with Crippen LogP contribution in [-0.2, 0) is 11.3 Å². The lowest BCUT2D eigenvalue weighted by Gasteiger charge is -2.12. The van der Waals surface area contributed by atoms with Crippen molar-refractivity contribution in [2.75, 3.05) is 40.7 Å². The maximum absolute atomic E-state index is 12.1. The first-order chi connectivity index (χ1) is 12.5. The zero-order chi connectivity index (χ0) is 19.1. The summed E-state index contributed by atoms with van der Waals surface area (Å²) in [7, 11) is 8.58. The van der Waals surface area contributed by atoms with Gasteiger partial charge in [-0.15, -0.1) is 11.3 Å². The highest BCUT2D eigenvalue weighted by atomic mass is 32.1. The summed E-state index contributed by atoms with van der Waals surface area (Å²) in [6, 6.07) is 3.54. The van der Waals surface area contributed by atoms with E-state index in [1.807, 2.05) is 24.4 Å². The van der Waals surface area contributed by atoms with Gasteiger partial charge in [-0.1, -0.05) is 0 Å². The molecule has 1 amide bonds. The van der Waals surface area contributed by atoms with Crippen LogP contribution in [0.5, 0.6) is 17.2 Å². The number of aromatic nitrogens is 1. The predicted molar refractivity (Wildman–Crippen MR) is 103 cm³/mol. The minimum atomic E-state index is -0.260. The summed E-state index contributed by atoms with van der Waals surface area (Å²) >= 11 is 1.40. The van der Waals surface area contributed by atoms with Crippen molar-refractivity contribution in [3.63, 3.8) is 0 Å². The van der Waals surface area contributed by atoms with E-state index in [9.17, 15) is 4.79 Å². The second-order valence-electron chi connectivity index (χ2n) is 5.66. The number of amides is 1. The Hall–Kier alpha value is -2.58. The molecule has 0 atom stereocenters. The van der Waals surface area contributed by atoms with Gasteiger partial charge in [0, 0.05) is 18.0 Å². The maximum Gasteiger partial charge on any atom is 0.250 e. The molecule has 26 heavy (non-hydrogen) atoms. The van der Waals surface area contributed by atoms with Crippen molar-refractivity contribution in [1.29, 1.82) is 0 Å². The number of nitrogens with zero attached hydrogens (tertiary/aromatic N) is 2. The Morgan fingerprint density at radius 2 is 1.85 bits per heavy atom. The van der Waals surface area contributed by atoms with Gasteiger partial charge in [-0.25, -0.2) is 4.98 Å². The van der Waals surface area contributed by atoms with Gasteiger partial charge in [0.2, 0.25) is 11.7 Å². The van der Waals surface area contributed by atoms with Gasteiger partial charge in [0.05, 0.1) is 27.0 Å². The van der Waals surface area contributed by atoms with Crippen molar-refractivity contribution in [2.24, 2.45) is 0 Å². The molecule has 7 nitrogen and oxygen atoms in total. The lowest BCUT2D eigenvalue weighted by atomic mass is 10.1. The number of hydrogen-bond acceptors (Lipinski definition) is 7. The number of carbonyl (C=O) groups is 1. The summed E-state index contributed by atoms with van der Waals surface area (Å²) in [6.45, 7) is 0.730. The average molecular weight is 377 g/mol. The topological polar surface area (TPSA) is 72.9 Å². The molecule has 1 aromatic heterocycles. The van der Waals surface area contributed by atoms with Gasteiger partial charge in [-0.3, -0.25) is 10.1 Å². The Balaban J connectivity index is 2.09. The SMILES string of the molecule is COc1cc(/C=C/C(=O)Nc2nc(CN(C)C)cs2)cc(OC)c1OC. The summed E-state index contributed by atoms with van der Waals surface area (Å²) in [5, 5.41) is 5.26. The molecule has 140 valence electrons. The van der Waals surface area contributed by atoms with Crippen LogP contribution >= 0.6 is 11.3 Å². The lowest BCUT2D eigenvalue weighted by molar-refractivity contribution is -0.111. The summed E-state index contributed by atoms with van der Waals surface area (Å²) < 4.78 is 15.9. The fourth-order valence-corrected chi connectivity index (χ4v) is 2.98. The van der Waals surface area contributed by atoms with E-state index < -0.39 is 0 Å². The monoisotopic (exact) mass is 377 g/mol. The molecule has 2 aromatic rings. The first-order valence-electron chi connectivity index (χ1n) is 7.85. The van der Waals surface area contributed by atoms with Crippen LogP contribution in [-0.4, -0.2) is 51.2 Å². The van der Waals surface area contributed by atoms with Crippen LogP contribution in [0.2, 0.25) is 0 Å². The van der Waals surface area contributed by atoms with Gasteiger partial charge >= 0.3 is 0 Å². The number of anilines is 1. The Morgan fingerprint density at radius 3 is 2.38 bits per heavy atom. The zero-order valence-electron chi connectivity index (χ0n) is 15.5. The van der Waals surface area contributed by atoms with Crippen LogP contribution in [0.4, 0.5) is 5.13 Å². The highest BCUT2D eigenvalue weighted by Crippen LogP contribution is 2.38. The van der Waals surface area contributed by atoms with Gasteiger partial charge < -0.3 is 19.1 Å². The van der Waals surface area contributed by atoms with Crippen LogP contribution < -0.4 is 19.5 Å². The molecule has 0 radical (unpaired) electrons. The highest BCUT2D eigenvalue weighted by Gasteiger charge is 2.12. The Morgan fingerprint density at radius 1 is 1.19 bits per heavy atom. The predicted octanol–water partition coefficient (Wildman–Crippen LogP) is 2.88. The molecule has 0 aliphatic carbocycles. The van der Waals surface area contributed by atoms with Gasteiger partial charge in [-0.2, -0.15) is 0 Å². The van der Waals surface area contributed by atoms with E-state index in [-0.39, 0.29) is 5.91 Å².